The van der Waals surface area contributed by atoms with Crippen molar-refractivity contribution in [1.82, 2.24) is 19.7 Å². The van der Waals surface area contributed by atoms with Gasteiger partial charge in [-0.2, -0.15) is 0 Å². The van der Waals surface area contributed by atoms with Crippen LogP contribution >= 0.6 is 0 Å². The molecule has 0 saturated carbocycles. The lowest BCUT2D eigenvalue weighted by Crippen LogP contribution is -2.16. The minimum absolute atomic E-state index is 0.0304. The number of nitrogens with one attached hydrogen (secondary N) is 2. The Balaban J connectivity index is 1.58. The molecule has 0 spiro atoms. The third-order valence-electron chi connectivity index (χ3n) is 5.21. The van der Waals surface area contributed by atoms with Gasteiger partial charge in [-0.3, -0.25) is 19.4 Å². The fraction of sp³-hybridized carbons (Fsp3) is 0.261. The predicted octanol–water partition coefficient (Wildman–Crippen LogP) is 3.59. The summed E-state index contributed by atoms with van der Waals surface area (Å²) in [6, 6.07) is 20.2. The highest BCUT2D eigenvalue weighted by Gasteiger charge is 2.17. The summed E-state index contributed by atoms with van der Waals surface area (Å²) in [5.74, 6) is 0.554. The second-order valence-corrected chi connectivity index (χ2v) is 7.41. The van der Waals surface area contributed by atoms with Gasteiger partial charge in [0, 0.05) is 12.5 Å². The largest absolute Gasteiger partial charge is 0.309 e. The Labute approximate surface area is 168 Å². The van der Waals surface area contributed by atoms with Gasteiger partial charge < -0.3 is 4.98 Å². The molecule has 0 radical (unpaired) electrons. The van der Waals surface area contributed by atoms with Crippen LogP contribution in [0.1, 0.15) is 42.8 Å². The number of aromatic amines is 2. The third-order valence-corrected chi connectivity index (χ3v) is 5.21. The van der Waals surface area contributed by atoms with Crippen LogP contribution in [0.3, 0.4) is 0 Å². The molecular weight excluding hydrogens is 364 g/mol. The lowest BCUT2D eigenvalue weighted by atomic mass is 10.1. The lowest BCUT2D eigenvalue weighted by molar-refractivity contribution is 0.453. The number of aryl methyl sites for hydroxylation is 1. The number of fused-ring (bicyclic) bond motifs is 1. The van der Waals surface area contributed by atoms with Crippen LogP contribution in [0.2, 0.25) is 0 Å². The smallest absolute Gasteiger partial charge is 0.279 e. The Morgan fingerprint density at radius 3 is 2.28 bits per heavy atom. The molecule has 2 N–H and O–H groups in total. The van der Waals surface area contributed by atoms with Crippen LogP contribution in [-0.2, 0) is 12.8 Å². The SMILES string of the molecule is CC(CCCc1ccccc1)n1[nH]c(=O)c2c(=O)[nH]c(Cc3ccccc3)nc21. The Morgan fingerprint density at radius 1 is 0.931 bits per heavy atom. The van der Waals surface area contributed by atoms with Crippen molar-refractivity contribution in [2.45, 2.75) is 38.6 Å². The highest BCUT2D eigenvalue weighted by molar-refractivity contribution is 5.73. The van der Waals surface area contributed by atoms with Gasteiger partial charge in [0.25, 0.3) is 11.1 Å². The Hall–Kier alpha value is -3.41. The number of hydrogen-bond acceptors (Lipinski definition) is 3. The molecule has 0 bridgehead atoms. The van der Waals surface area contributed by atoms with E-state index in [4.69, 9.17) is 0 Å². The molecule has 1 atom stereocenters. The molecule has 1 unspecified atom stereocenters. The van der Waals surface area contributed by atoms with E-state index in [0.717, 1.165) is 24.8 Å². The molecule has 0 aliphatic carbocycles. The average molecular weight is 388 g/mol. The van der Waals surface area contributed by atoms with E-state index in [9.17, 15) is 9.59 Å². The van der Waals surface area contributed by atoms with E-state index in [2.05, 4.69) is 27.2 Å². The van der Waals surface area contributed by atoms with Crippen molar-refractivity contribution in [3.8, 4) is 0 Å². The summed E-state index contributed by atoms with van der Waals surface area (Å²) in [6.45, 7) is 2.04. The summed E-state index contributed by atoms with van der Waals surface area (Å²) in [4.78, 5) is 32.2. The Morgan fingerprint density at radius 2 is 1.59 bits per heavy atom. The van der Waals surface area contributed by atoms with E-state index in [1.807, 2.05) is 55.5 Å². The number of H-pyrrole nitrogens is 2. The molecule has 2 heterocycles. The van der Waals surface area contributed by atoms with E-state index in [1.165, 1.54) is 5.56 Å². The number of nitrogens with zero attached hydrogens (tertiary/aromatic N) is 2. The zero-order valence-electron chi connectivity index (χ0n) is 16.4. The molecule has 148 valence electrons. The first-order valence-corrected chi connectivity index (χ1v) is 9.93. The second kappa shape index (κ2) is 8.31. The monoisotopic (exact) mass is 388 g/mol. The molecule has 2 aromatic carbocycles. The topological polar surface area (TPSA) is 83.5 Å². The summed E-state index contributed by atoms with van der Waals surface area (Å²) in [7, 11) is 0. The van der Waals surface area contributed by atoms with Gasteiger partial charge in [0.05, 0.1) is 0 Å². The molecule has 2 aromatic heterocycles. The van der Waals surface area contributed by atoms with Crippen molar-refractivity contribution in [1.29, 1.82) is 0 Å². The first-order valence-electron chi connectivity index (χ1n) is 9.93. The maximum Gasteiger partial charge on any atom is 0.279 e. The zero-order chi connectivity index (χ0) is 20.2. The summed E-state index contributed by atoms with van der Waals surface area (Å²) in [5, 5.41) is 2.91. The van der Waals surface area contributed by atoms with Crippen LogP contribution in [0, 0.1) is 0 Å². The molecule has 29 heavy (non-hydrogen) atoms. The molecule has 6 nitrogen and oxygen atoms in total. The maximum atomic E-state index is 12.5. The fourth-order valence-electron chi connectivity index (χ4n) is 3.67. The zero-order valence-corrected chi connectivity index (χ0v) is 16.4. The minimum atomic E-state index is -0.394. The molecule has 0 fully saturated rings. The maximum absolute atomic E-state index is 12.5. The molecule has 0 saturated heterocycles. The van der Waals surface area contributed by atoms with Gasteiger partial charge in [0.15, 0.2) is 11.0 Å². The Kier molecular flexibility index (Phi) is 5.42. The predicted molar refractivity (Wildman–Crippen MR) is 114 cm³/mol. The first kappa shape index (κ1) is 18.9. The molecule has 4 aromatic rings. The van der Waals surface area contributed by atoms with Crippen LogP contribution < -0.4 is 11.1 Å². The van der Waals surface area contributed by atoms with Crippen LogP contribution in [0.5, 0.6) is 0 Å². The van der Waals surface area contributed by atoms with Crippen molar-refractivity contribution < 1.29 is 0 Å². The highest BCUT2D eigenvalue weighted by Crippen LogP contribution is 2.18. The quantitative estimate of drug-likeness (QED) is 0.507. The summed E-state index contributed by atoms with van der Waals surface area (Å²) >= 11 is 0. The third kappa shape index (κ3) is 4.21. The molecule has 0 aliphatic rings. The summed E-state index contributed by atoms with van der Waals surface area (Å²) < 4.78 is 1.74. The molecule has 0 aliphatic heterocycles. The first-order chi connectivity index (χ1) is 14.1. The van der Waals surface area contributed by atoms with Gasteiger partial charge >= 0.3 is 0 Å². The van der Waals surface area contributed by atoms with Gasteiger partial charge in [-0.05, 0) is 37.3 Å². The van der Waals surface area contributed by atoms with Crippen LogP contribution in [-0.4, -0.2) is 19.7 Å². The van der Waals surface area contributed by atoms with Gasteiger partial charge in [0.1, 0.15) is 5.82 Å². The van der Waals surface area contributed by atoms with Gasteiger partial charge in [-0.1, -0.05) is 60.7 Å². The van der Waals surface area contributed by atoms with Crippen molar-refractivity contribution >= 4 is 11.0 Å². The highest BCUT2D eigenvalue weighted by atomic mass is 16.1. The van der Waals surface area contributed by atoms with E-state index < -0.39 is 11.1 Å². The minimum Gasteiger partial charge on any atom is -0.309 e. The van der Waals surface area contributed by atoms with Crippen molar-refractivity contribution in [3.63, 3.8) is 0 Å². The van der Waals surface area contributed by atoms with Gasteiger partial charge in [-0.15, -0.1) is 0 Å². The number of benzene rings is 2. The van der Waals surface area contributed by atoms with E-state index in [-0.39, 0.29) is 11.4 Å². The second-order valence-electron chi connectivity index (χ2n) is 7.41. The lowest BCUT2D eigenvalue weighted by Gasteiger charge is -2.14. The van der Waals surface area contributed by atoms with E-state index in [0.29, 0.717) is 17.9 Å². The number of rotatable bonds is 7. The molecule has 0 amide bonds. The number of hydrogen-bond donors (Lipinski definition) is 2. The fourth-order valence-corrected chi connectivity index (χ4v) is 3.67. The average Bonchev–Trinajstić information content (AvgIpc) is 3.06. The number of aromatic nitrogens is 4. The van der Waals surface area contributed by atoms with Gasteiger partial charge in [-0.25, -0.2) is 4.98 Å². The standard InChI is InChI=1S/C23H24N4O2/c1-16(9-8-14-17-10-4-2-5-11-17)27-21-20(23(29)26-27)22(28)25-19(24-21)15-18-12-6-3-7-13-18/h2-7,10-13,16H,8-9,14-15H2,1H3,(H,26,29)(H,24,25,28). The normalized spacial score (nSPS) is 12.3. The molecule has 4 rings (SSSR count). The van der Waals surface area contributed by atoms with Crippen LogP contribution in [0.25, 0.3) is 11.0 Å². The van der Waals surface area contributed by atoms with Crippen molar-refractivity contribution in [3.05, 3.63) is 98.3 Å². The van der Waals surface area contributed by atoms with E-state index >= 15 is 0 Å². The van der Waals surface area contributed by atoms with Crippen molar-refractivity contribution in [2.24, 2.45) is 0 Å². The summed E-state index contributed by atoms with van der Waals surface area (Å²) in [6.07, 6.45) is 3.33. The van der Waals surface area contributed by atoms with Crippen molar-refractivity contribution in [2.75, 3.05) is 0 Å². The Bertz CT molecular complexity index is 1210. The van der Waals surface area contributed by atoms with Crippen LogP contribution in [0.15, 0.2) is 70.3 Å². The van der Waals surface area contributed by atoms with Crippen LogP contribution in [0.4, 0.5) is 0 Å². The van der Waals surface area contributed by atoms with Gasteiger partial charge in [0.2, 0.25) is 0 Å². The summed E-state index contributed by atoms with van der Waals surface area (Å²) in [5.41, 5.74) is 1.99. The molecule has 6 heteroatoms. The molecular formula is C23H24N4O2. The van der Waals surface area contributed by atoms with E-state index in [1.54, 1.807) is 4.68 Å².